The minimum Gasteiger partial charge on any atom is -0.463 e. The van der Waals surface area contributed by atoms with Gasteiger partial charge in [0.1, 0.15) is 5.76 Å². The van der Waals surface area contributed by atoms with Gasteiger partial charge in [-0.25, -0.2) is 0 Å². The number of rotatable bonds is 8. The summed E-state index contributed by atoms with van der Waals surface area (Å²) in [6.07, 6.45) is -6.37. The number of methoxy groups -OCH3 is 1. The molecule has 3 rings (SSSR count). The quantitative estimate of drug-likeness (QED) is 0.373. The first-order valence-electron chi connectivity index (χ1n) is 10.4. The van der Waals surface area contributed by atoms with Crippen LogP contribution in [0.25, 0.3) is 0 Å². The van der Waals surface area contributed by atoms with Crippen LogP contribution in [0.1, 0.15) is 18.1 Å². The molecule has 12 heteroatoms. The Morgan fingerprint density at radius 2 is 1.26 bits per heavy atom. The number of esters is 1. The maximum absolute atomic E-state index is 13.1. The van der Waals surface area contributed by atoms with Crippen molar-refractivity contribution < 1.29 is 44.2 Å². The van der Waals surface area contributed by atoms with Crippen molar-refractivity contribution in [1.29, 1.82) is 0 Å². The average Bonchev–Trinajstić information content (AvgIpc) is 2.78. The molecule has 0 spiro atoms. The molecule has 4 atom stereocenters. The molecule has 10 nitrogen and oxygen atoms in total. The molecule has 0 bridgehead atoms. The van der Waals surface area contributed by atoms with Gasteiger partial charge < -0.3 is 14.2 Å². The lowest BCUT2D eigenvalue weighted by molar-refractivity contribution is -0.226. The van der Waals surface area contributed by atoms with Gasteiger partial charge in [-0.15, -0.1) is 0 Å². The topological polar surface area (TPSA) is 132 Å². The molecular weight excluding hydrogens is 500 g/mol. The van der Waals surface area contributed by atoms with Gasteiger partial charge in [-0.1, -0.05) is 42.0 Å². The summed E-state index contributed by atoms with van der Waals surface area (Å²) in [7, 11) is -7.73. The summed E-state index contributed by atoms with van der Waals surface area (Å²) in [6.45, 7) is 8.29. The second-order valence-corrected chi connectivity index (χ2v) is 11.0. The fraction of sp³-hybridized carbons (Fsp3) is 0.348. The number of carbonyl (C=O) groups is 1. The zero-order valence-electron chi connectivity index (χ0n) is 19.5. The van der Waals surface area contributed by atoms with Crippen molar-refractivity contribution in [2.24, 2.45) is 0 Å². The normalized spacial score (nSPS) is 22.9. The lowest BCUT2D eigenvalue weighted by atomic mass is 10.0. The van der Waals surface area contributed by atoms with E-state index in [1.165, 1.54) is 31.4 Å². The van der Waals surface area contributed by atoms with E-state index >= 15 is 0 Å². The molecule has 1 aliphatic rings. The highest BCUT2D eigenvalue weighted by Crippen LogP contribution is 2.34. The maximum Gasteiger partial charge on any atom is 0.303 e. The van der Waals surface area contributed by atoms with Crippen LogP contribution in [0, 0.1) is 13.8 Å². The number of benzene rings is 2. The number of hydrogen-bond donors (Lipinski definition) is 0. The molecule has 2 aromatic rings. The molecule has 1 fully saturated rings. The zero-order chi connectivity index (χ0) is 26.0. The maximum atomic E-state index is 13.1. The van der Waals surface area contributed by atoms with Gasteiger partial charge in [0, 0.05) is 14.0 Å². The Kier molecular flexibility index (Phi) is 8.02. The number of aryl methyl sites for hydroxylation is 2. The van der Waals surface area contributed by atoms with Gasteiger partial charge in [0.05, 0.1) is 9.79 Å². The first kappa shape index (κ1) is 26.8. The minimum absolute atomic E-state index is 0.188. The molecule has 0 amide bonds. The summed E-state index contributed by atoms with van der Waals surface area (Å²) in [5.74, 6) is -1.01. The van der Waals surface area contributed by atoms with E-state index in [-0.39, 0.29) is 15.6 Å². The van der Waals surface area contributed by atoms with E-state index in [1.54, 1.807) is 38.1 Å². The van der Waals surface area contributed by atoms with E-state index in [2.05, 4.69) is 6.58 Å². The molecule has 1 aliphatic heterocycles. The zero-order valence-corrected chi connectivity index (χ0v) is 21.2. The first-order chi connectivity index (χ1) is 16.3. The van der Waals surface area contributed by atoms with Crippen LogP contribution >= 0.6 is 0 Å². The van der Waals surface area contributed by atoms with Crippen LogP contribution in [0.4, 0.5) is 0 Å². The van der Waals surface area contributed by atoms with E-state index in [0.29, 0.717) is 0 Å². The first-order valence-corrected chi connectivity index (χ1v) is 13.2. The molecule has 1 heterocycles. The summed E-state index contributed by atoms with van der Waals surface area (Å²) in [5.41, 5.74) is 1.63. The van der Waals surface area contributed by atoms with E-state index in [4.69, 9.17) is 22.6 Å². The molecule has 35 heavy (non-hydrogen) atoms. The summed E-state index contributed by atoms with van der Waals surface area (Å²) in [6, 6.07) is 11.6. The predicted octanol–water partition coefficient (Wildman–Crippen LogP) is 2.60. The van der Waals surface area contributed by atoms with Gasteiger partial charge >= 0.3 is 5.97 Å². The molecular formula is C23H26O10S2. The Morgan fingerprint density at radius 1 is 0.829 bits per heavy atom. The second-order valence-electron chi connectivity index (χ2n) is 7.87. The molecule has 0 radical (unpaired) electrons. The third-order valence-electron chi connectivity index (χ3n) is 5.10. The monoisotopic (exact) mass is 526 g/mol. The summed E-state index contributed by atoms with van der Waals surface area (Å²) >= 11 is 0. The molecule has 0 N–H and O–H groups in total. The van der Waals surface area contributed by atoms with Crippen LogP contribution in [0.5, 0.6) is 0 Å². The van der Waals surface area contributed by atoms with Crippen LogP contribution in [-0.2, 0) is 47.6 Å². The molecule has 0 aromatic heterocycles. The molecule has 0 unspecified atom stereocenters. The van der Waals surface area contributed by atoms with Crippen molar-refractivity contribution >= 4 is 26.2 Å². The Morgan fingerprint density at radius 3 is 1.66 bits per heavy atom. The number of hydrogen-bond acceptors (Lipinski definition) is 10. The molecule has 0 aliphatic carbocycles. The lowest BCUT2D eigenvalue weighted by Crippen LogP contribution is -2.56. The largest absolute Gasteiger partial charge is 0.463 e. The number of carbonyl (C=O) groups excluding carboxylic acids is 1. The third kappa shape index (κ3) is 6.27. The highest BCUT2D eigenvalue weighted by molar-refractivity contribution is 7.87. The highest BCUT2D eigenvalue weighted by Gasteiger charge is 2.51. The van der Waals surface area contributed by atoms with Crippen LogP contribution in [-0.4, -0.2) is 54.5 Å². The van der Waals surface area contributed by atoms with Crippen LogP contribution in [0.15, 0.2) is 70.7 Å². The predicted molar refractivity (Wildman–Crippen MR) is 123 cm³/mol. The van der Waals surface area contributed by atoms with Crippen molar-refractivity contribution in [3.05, 3.63) is 72.0 Å². The van der Waals surface area contributed by atoms with Gasteiger partial charge in [0.25, 0.3) is 20.2 Å². The Bertz CT molecular complexity index is 1280. The molecule has 1 saturated heterocycles. The second kappa shape index (κ2) is 10.5. The van der Waals surface area contributed by atoms with E-state index in [0.717, 1.165) is 18.1 Å². The van der Waals surface area contributed by atoms with Gasteiger partial charge in [-0.2, -0.15) is 16.8 Å². The SMILES string of the molecule is C=C1O[C@@H](OC)[C@H](OS(=O)(=O)c2ccc(C)cc2)[C@@H](OS(=O)(=O)c2ccc(C)cc2)[C@@H]1OC(C)=O. The van der Waals surface area contributed by atoms with Crippen molar-refractivity contribution in [2.75, 3.05) is 7.11 Å². The third-order valence-corrected chi connectivity index (χ3v) is 7.75. The van der Waals surface area contributed by atoms with Crippen molar-refractivity contribution in [3.8, 4) is 0 Å². The lowest BCUT2D eigenvalue weighted by Gasteiger charge is -2.40. The molecule has 0 saturated carbocycles. The fourth-order valence-corrected chi connectivity index (χ4v) is 5.46. The fourth-order valence-electron chi connectivity index (χ4n) is 3.31. The standard InChI is InChI=1S/C23H26O10S2/c1-14-6-10-18(11-7-14)34(25,26)32-21-20(31-17(4)24)16(3)30-23(29-5)22(21)33-35(27,28)19-12-8-15(2)9-13-19/h6-13,20-23H,3H2,1-2,4-5H3/t20-,21+,22-,23-/m1/s1. The summed E-state index contributed by atoms with van der Waals surface area (Å²) in [4.78, 5) is 11.4. The van der Waals surface area contributed by atoms with Gasteiger partial charge in [-0.05, 0) is 38.1 Å². The summed E-state index contributed by atoms with van der Waals surface area (Å²) in [5, 5.41) is 0. The van der Waals surface area contributed by atoms with Crippen LogP contribution < -0.4 is 0 Å². The Labute approximate surface area is 204 Å². The van der Waals surface area contributed by atoms with Crippen LogP contribution in [0.2, 0.25) is 0 Å². The van der Waals surface area contributed by atoms with Crippen molar-refractivity contribution in [2.45, 2.75) is 55.2 Å². The van der Waals surface area contributed by atoms with Gasteiger partial charge in [0.2, 0.25) is 6.29 Å². The summed E-state index contributed by atoms with van der Waals surface area (Å²) < 4.78 is 78.9. The molecule has 2 aromatic carbocycles. The smallest absolute Gasteiger partial charge is 0.303 e. The average molecular weight is 527 g/mol. The van der Waals surface area contributed by atoms with Gasteiger partial charge in [-0.3, -0.25) is 13.2 Å². The van der Waals surface area contributed by atoms with E-state index < -0.39 is 50.8 Å². The van der Waals surface area contributed by atoms with Crippen molar-refractivity contribution in [3.63, 3.8) is 0 Å². The van der Waals surface area contributed by atoms with Crippen LogP contribution in [0.3, 0.4) is 0 Å². The van der Waals surface area contributed by atoms with Gasteiger partial charge in [0.15, 0.2) is 18.3 Å². The minimum atomic E-state index is -4.48. The number of ether oxygens (including phenoxy) is 3. The highest BCUT2D eigenvalue weighted by atomic mass is 32.2. The van der Waals surface area contributed by atoms with E-state index in [9.17, 15) is 21.6 Å². The van der Waals surface area contributed by atoms with Crippen molar-refractivity contribution in [1.82, 2.24) is 0 Å². The Hall–Kier alpha value is -2.77. The van der Waals surface area contributed by atoms with E-state index in [1.807, 2.05) is 0 Å². The Balaban J connectivity index is 2.05. The molecule has 190 valence electrons.